The van der Waals surface area contributed by atoms with Crippen LogP contribution in [-0.4, -0.2) is 61.5 Å². The van der Waals surface area contributed by atoms with Crippen LogP contribution in [0.5, 0.6) is 0 Å². The molecule has 3 N–H and O–H groups in total. The molecule has 1 amide bonds. The third-order valence-corrected chi connectivity index (χ3v) is 4.94. The van der Waals surface area contributed by atoms with E-state index < -0.39 is 11.3 Å². The van der Waals surface area contributed by atoms with Gasteiger partial charge >= 0.3 is 0 Å². The smallest absolute Gasteiger partial charge is 0.237 e. The lowest BCUT2D eigenvalue weighted by atomic mass is 9.78. The van der Waals surface area contributed by atoms with Gasteiger partial charge in [-0.05, 0) is 25.9 Å². The van der Waals surface area contributed by atoms with Crippen molar-refractivity contribution in [1.82, 2.24) is 10.2 Å². The first-order valence-corrected chi connectivity index (χ1v) is 8.11. The molecular formula is C15H29N3O3. The largest absolute Gasteiger partial charge is 0.368 e. The minimum absolute atomic E-state index is 0.255. The van der Waals surface area contributed by atoms with Crippen LogP contribution in [0.25, 0.3) is 0 Å². The molecule has 21 heavy (non-hydrogen) atoms. The van der Waals surface area contributed by atoms with E-state index in [4.69, 9.17) is 15.2 Å². The molecule has 0 aromatic heterocycles. The van der Waals surface area contributed by atoms with Gasteiger partial charge in [-0.2, -0.15) is 0 Å². The molecule has 0 aromatic rings. The fourth-order valence-corrected chi connectivity index (χ4v) is 3.35. The minimum atomic E-state index is -0.603. The van der Waals surface area contributed by atoms with Gasteiger partial charge in [0, 0.05) is 25.9 Å². The Labute approximate surface area is 127 Å². The predicted octanol–water partition coefficient (Wildman–Crippen LogP) is 0.459. The molecule has 2 rings (SSSR count). The number of ether oxygens (including phenoxy) is 2. The van der Waals surface area contributed by atoms with E-state index in [1.54, 1.807) is 0 Å². The summed E-state index contributed by atoms with van der Waals surface area (Å²) in [6.07, 6.45) is 2.82. The van der Waals surface area contributed by atoms with Crippen molar-refractivity contribution in [2.45, 2.75) is 50.9 Å². The Bertz CT molecular complexity index is 342. The van der Waals surface area contributed by atoms with Gasteiger partial charge in [0.2, 0.25) is 5.91 Å². The number of primary amides is 1. The molecule has 2 aliphatic rings. The molecule has 0 atom stereocenters. The van der Waals surface area contributed by atoms with Crippen molar-refractivity contribution in [3.63, 3.8) is 0 Å². The average Bonchev–Trinajstić information content (AvgIpc) is 2.94. The second-order valence-corrected chi connectivity index (χ2v) is 6.01. The first-order valence-electron chi connectivity index (χ1n) is 8.11. The molecule has 1 saturated heterocycles. The van der Waals surface area contributed by atoms with Crippen LogP contribution in [-0.2, 0) is 14.3 Å². The standard InChI is InChI=1S/C15H29N3O3/c1-3-18(4-2)10-9-17-14(13(16)19)5-7-15(8-6-14)20-11-12-21-15/h17H,3-12H2,1-2H3,(H2,16,19). The first kappa shape index (κ1) is 16.7. The molecule has 0 radical (unpaired) electrons. The number of amides is 1. The van der Waals surface area contributed by atoms with Gasteiger partial charge in [0.1, 0.15) is 0 Å². The lowest BCUT2D eigenvalue weighted by Crippen LogP contribution is -2.60. The highest BCUT2D eigenvalue weighted by molar-refractivity contribution is 5.84. The maximum Gasteiger partial charge on any atom is 0.237 e. The van der Waals surface area contributed by atoms with Gasteiger partial charge in [0.25, 0.3) is 0 Å². The maximum absolute atomic E-state index is 12.0. The second-order valence-electron chi connectivity index (χ2n) is 6.01. The number of likely N-dealkylation sites (N-methyl/N-ethyl adjacent to an activating group) is 1. The highest BCUT2D eigenvalue weighted by Crippen LogP contribution is 2.40. The van der Waals surface area contributed by atoms with Crippen LogP contribution < -0.4 is 11.1 Å². The van der Waals surface area contributed by atoms with Gasteiger partial charge in [0.15, 0.2) is 5.79 Å². The predicted molar refractivity (Wildman–Crippen MR) is 80.8 cm³/mol. The summed E-state index contributed by atoms with van der Waals surface area (Å²) >= 11 is 0. The fourth-order valence-electron chi connectivity index (χ4n) is 3.35. The van der Waals surface area contributed by atoms with Crippen molar-refractivity contribution < 1.29 is 14.3 Å². The summed E-state index contributed by atoms with van der Waals surface area (Å²) in [6.45, 7) is 9.34. The van der Waals surface area contributed by atoms with Crippen LogP contribution in [0.15, 0.2) is 0 Å². The minimum Gasteiger partial charge on any atom is -0.368 e. The zero-order valence-corrected chi connectivity index (χ0v) is 13.3. The van der Waals surface area contributed by atoms with Crippen LogP contribution in [0.3, 0.4) is 0 Å². The first-order chi connectivity index (χ1) is 10.1. The summed E-state index contributed by atoms with van der Waals surface area (Å²) in [6, 6.07) is 0. The molecule has 122 valence electrons. The molecule has 6 heteroatoms. The molecule has 2 fully saturated rings. The number of hydrogen-bond acceptors (Lipinski definition) is 5. The number of carbonyl (C=O) groups excluding carboxylic acids is 1. The van der Waals surface area contributed by atoms with Crippen LogP contribution in [0.1, 0.15) is 39.5 Å². The molecule has 1 aliphatic carbocycles. The van der Waals surface area contributed by atoms with Crippen LogP contribution >= 0.6 is 0 Å². The number of rotatable bonds is 7. The zero-order chi connectivity index (χ0) is 15.3. The van der Waals surface area contributed by atoms with E-state index in [9.17, 15) is 4.79 Å². The van der Waals surface area contributed by atoms with Crippen LogP contribution in [0.2, 0.25) is 0 Å². The lowest BCUT2D eigenvalue weighted by molar-refractivity contribution is -0.187. The Hall–Kier alpha value is -0.690. The quantitative estimate of drug-likeness (QED) is 0.714. The third kappa shape index (κ3) is 3.74. The van der Waals surface area contributed by atoms with Gasteiger partial charge in [-0.1, -0.05) is 13.8 Å². The molecule has 0 aromatic carbocycles. The average molecular weight is 299 g/mol. The highest BCUT2D eigenvalue weighted by atomic mass is 16.7. The van der Waals surface area contributed by atoms with Crippen molar-refractivity contribution in [3.8, 4) is 0 Å². The molecule has 6 nitrogen and oxygen atoms in total. The molecule has 1 spiro atoms. The number of carbonyl (C=O) groups is 1. The molecule has 0 bridgehead atoms. The molecular weight excluding hydrogens is 270 g/mol. The number of nitrogens with zero attached hydrogens (tertiary/aromatic N) is 1. The van der Waals surface area contributed by atoms with Crippen molar-refractivity contribution in [1.29, 1.82) is 0 Å². The van der Waals surface area contributed by atoms with E-state index in [-0.39, 0.29) is 5.91 Å². The van der Waals surface area contributed by atoms with Crippen LogP contribution in [0, 0.1) is 0 Å². The van der Waals surface area contributed by atoms with E-state index in [2.05, 4.69) is 24.1 Å². The topological polar surface area (TPSA) is 76.8 Å². The Morgan fingerprint density at radius 3 is 2.19 bits per heavy atom. The molecule has 1 saturated carbocycles. The highest BCUT2D eigenvalue weighted by Gasteiger charge is 2.48. The summed E-state index contributed by atoms with van der Waals surface area (Å²) in [4.78, 5) is 14.3. The summed E-state index contributed by atoms with van der Waals surface area (Å²) < 4.78 is 11.4. The normalized spacial score (nSPS) is 23.8. The van der Waals surface area contributed by atoms with E-state index in [1.807, 2.05) is 0 Å². The van der Waals surface area contributed by atoms with Crippen LogP contribution in [0.4, 0.5) is 0 Å². The van der Waals surface area contributed by atoms with Crippen molar-refractivity contribution in [2.75, 3.05) is 39.4 Å². The monoisotopic (exact) mass is 299 g/mol. The Balaban J connectivity index is 1.88. The number of nitrogens with one attached hydrogen (secondary N) is 1. The van der Waals surface area contributed by atoms with Gasteiger partial charge in [-0.3, -0.25) is 4.79 Å². The van der Waals surface area contributed by atoms with Gasteiger partial charge in [0.05, 0.1) is 18.8 Å². The Morgan fingerprint density at radius 1 is 1.14 bits per heavy atom. The van der Waals surface area contributed by atoms with Crippen molar-refractivity contribution in [3.05, 3.63) is 0 Å². The van der Waals surface area contributed by atoms with E-state index in [0.29, 0.717) is 26.1 Å². The summed E-state index contributed by atoms with van der Waals surface area (Å²) in [5.41, 5.74) is 5.07. The third-order valence-electron chi connectivity index (χ3n) is 4.94. The Morgan fingerprint density at radius 2 is 1.71 bits per heavy atom. The van der Waals surface area contributed by atoms with E-state index in [1.165, 1.54) is 0 Å². The fraction of sp³-hybridized carbons (Fsp3) is 0.933. The number of hydrogen-bond donors (Lipinski definition) is 2. The molecule has 0 unspecified atom stereocenters. The van der Waals surface area contributed by atoms with Crippen molar-refractivity contribution >= 4 is 5.91 Å². The van der Waals surface area contributed by atoms with Crippen molar-refractivity contribution in [2.24, 2.45) is 5.73 Å². The van der Waals surface area contributed by atoms with Gasteiger partial charge in [-0.15, -0.1) is 0 Å². The van der Waals surface area contributed by atoms with E-state index >= 15 is 0 Å². The SMILES string of the molecule is CCN(CC)CCNC1(C(N)=O)CCC2(CC1)OCCO2. The zero-order valence-electron chi connectivity index (χ0n) is 13.3. The summed E-state index contributed by atoms with van der Waals surface area (Å²) in [5.74, 6) is -0.714. The Kier molecular flexibility index (Phi) is 5.60. The molecule has 1 aliphatic heterocycles. The number of nitrogens with two attached hydrogens (primary N) is 1. The summed E-state index contributed by atoms with van der Waals surface area (Å²) in [7, 11) is 0. The second kappa shape index (κ2) is 7.05. The lowest BCUT2D eigenvalue weighted by Gasteiger charge is -2.42. The molecule has 1 heterocycles. The van der Waals surface area contributed by atoms with E-state index in [0.717, 1.165) is 39.0 Å². The maximum atomic E-state index is 12.0. The van der Waals surface area contributed by atoms with Gasteiger partial charge in [-0.25, -0.2) is 0 Å². The summed E-state index contributed by atoms with van der Waals surface area (Å²) in [5, 5.41) is 3.41. The van der Waals surface area contributed by atoms with Gasteiger partial charge < -0.3 is 25.4 Å².